The van der Waals surface area contributed by atoms with Crippen LogP contribution in [-0.2, 0) is 57.1 Å². The molecule has 0 aliphatic heterocycles. The second-order valence-electron chi connectivity index (χ2n) is 10.1. The van der Waals surface area contributed by atoms with Crippen LogP contribution in [0.5, 0.6) is 0 Å². The molecule has 0 atom stereocenters. The van der Waals surface area contributed by atoms with Gasteiger partial charge in [-0.1, -0.05) is 20.8 Å². The Bertz CT molecular complexity index is 734. The molecule has 16 nitrogen and oxygen atoms in total. The van der Waals surface area contributed by atoms with Gasteiger partial charge in [-0.25, -0.2) is 0 Å². The van der Waals surface area contributed by atoms with E-state index < -0.39 is 11.3 Å². The Labute approximate surface area is 274 Å². The number of primary amides is 1. The Morgan fingerprint density at radius 3 is 1.11 bits per heavy atom. The van der Waals surface area contributed by atoms with Crippen LogP contribution in [-0.4, -0.2) is 149 Å². The van der Waals surface area contributed by atoms with E-state index in [1.807, 2.05) is 0 Å². The highest BCUT2D eigenvalue weighted by atomic mass is 16.6. The van der Waals surface area contributed by atoms with E-state index >= 15 is 0 Å². The number of hydrogen-bond acceptors (Lipinski definition) is 12. The number of carbonyl (C=O) groups excluding carboxylic acids is 4. The molecular weight excluding hydrogens is 608 g/mol. The molecule has 0 fully saturated rings. The average Bonchev–Trinajstić information content (AvgIpc) is 3.08. The van der Waals surface area contributed by atoms with Crippen molar-refractivity contribution in [2.75, 3.05) is 125 Å². The molecule has 0 rings (SSSR count). The number of carbonyl (C=O) groups is 4. The first-order chi connectivity index (χ1) is 22.8. The molecule has 0 saturated heterocycles. The zero-order valence-electron chi connectivity index (χ0n) is 29.0. The minimum atomic E-state index is -0.738. The molecule has 0 unspecified atom stereocenters. The Kier molecular flexibility index (Phi) is 28.2. The first-order valence-corrected chi connectivity index (χ1v) is 15.9. The summed E-state index contributed by atoms with van der Waals surface area (Å²) in [5.41, 5.74) is 1.01. The molecule has 5 N–H and O–H groups in total. The fraction of sp³-hybridized carbons (Fsp3) is 0.867. The molecule has 4 amide bonds. The fourth-order valence-electron chi connectivity index (χ4n) is 3.51. The van der Waals surface area contributed by atoms with Crippen molar-refractivity contribution in [1.82, 2.24) is 16.0 Å². The van der Waals surface area contributed by atoms with Gasteiger partial charge < -0.3 is 59.6 Å². The monoisotopic (exact) mass is 668 g/mol. The highest BCUT2D eigenvalue weighted by Gasteiger charge is 2.32. The molecule has 0 aromatic rings. The quantitative estimate of drug-likeness (QED) is 0.0621. The van der Waals surface area contributed by atoms with Gasteiger partial charge in [0.25, 0.3) is 0 Å². The summed E-state index contributed by atoms with van der Waals surface area (Å²) in [5.74, 6) is -0.680. The third-order valence-corrected chi connectivity index (χ3v) is 6.02. The summed E-state index contributed by atoms with van der Waals surface area (Å²) >= 11 is 0. The van der Waals surface area contributed by atoms with E-state index in [0.717, 1.165) is 0 Å². The summed E-state index contributed by atoms with van der Waals surface area (Å²) < 4.78 is 52.5. The number of ether oxygens (including phenoxy) is 8. The zero-order chi connectivity index (χ0) is 34.9. The maximum Gasteiger partial charge on any atom is 0.243 e. The Balaban J connectivity index is 5.01. The van der Waals surface area contributed by atoms with Gasteiger partial charge in [0.15, 0.2) is 1.41 Å². The van der Waals surface area contributed by atoms with Crippen molar-refractivity contribution in [3.63, 3.8) is 0 Å². The van der Waals surface area contributed by atoms with Crippen molar-refractivity contribution in [2.24, 2.45) is 11.1 Å². The lowest BCUT2D eigenvalue weighted by molar-refractivity contribution is -0.127. The van der Waals surface area contributed by atoms with Gasteiger partial charge in [0, 0.05) is 38.9 Å². The Morgan fingerprint density at radius 2 is 0.804 bits per heavy atom. The average molecular weight is 669 g/mol. The maximum absolute atomic E-state index is 11.4. The van der Waals surface area contributed by atoms with Gasteiger partial charge in [-0.15, -0.1) is 0 Å². The van der Waals surface area contributed by atoms with Gasteiger partial charge in [0.1, 0.15) is 6.61 Å². The summed E-state index contributed by atoms with van der Waals surface area (Å²) in [7, 11) is 0. The van der Waals surface area contributed by atoms with Gasteiger partial charge in [0.2, 0.25) is 23.6 Å². The summed E-state index contributed by atoms with van der Waals surface area (Å²) in [4.78, 5) is 45.3. The predicted octanol–water partition coefficient (Wildman–Crippen LogP) is -0.830. The first-order valence-electron chi connectivity index (χ1n) is 16.4. The van der Waals surface area contributed by atoms with Crippen molar-refractivity contribution in [2.45, 2.75) is 40.0 Å². The summed E-state index contributed by atoms with van der Waals surface area (Å²) in [6, 6.07) is 0. The molecule has 0 heterocycles. The summed E-state index contributed by atoms with van der Waals surface area (Å²) in [5, 5.41) is 8.24. The minimum absolute atomic E-state index is 0.0398. The number of nitrogens with one attached hydrogen (secondary N) is 3. The largest absolute Gasteiger partial charge is 0.378 e. The van der Waals surface area contributed by atoms with Gasteiger partial charge in [-0.05, 0) is 0 Å². The Morgan fingerprint density at radius 1 is 0.500 bits per heavy atom. The molecule has 0 spiro atoms. The van der Waals surface area contributed by atoms with Crippen LogP contribution in [0.4, 0.5) is 0 Å². The van der Waals surface area contributed by atoms with Crippen LogP contribution in [0, 0.1) is 5.41 Å². The van der Waals surface area contributed by atoms with Gasteiger partial charge >= 0.3 is 0 Å². The van der Waals surface area contributed by atoms with Crippen LogP contribution >= 0.6 is 0 Å². The third kappa shape index (κ3) is 27.8. The SMILES string of the molecule is [3H]NC(=O)COCCOCC(COCCOCCNC(=O)CC)(COCCOCCNC(=O)CC)COCCOCCNC(=O)CC. The van der Waals surface area contributed by atoms with Crippen LogP contribution < -0.4 is 21.7 Å². The fourth-order valence-corrected chi connectivity index (χ4v) is 3.51. The van der Waals surface area contributed by atoms with Crippen LogP contribution in [0.2, 0.25) is 1.41 Å². The molecule has 0 aromatic heterocycles. The predicted molar refractivity (Wildman–Crippen MR) is 168 cm³/mol. The molecule has 0 aromatic carbocycles. The molecule has 0 bridgehead atoms. The smallest absolute Gasteiger partial charge is 0.243 e. The van der Waals surface area contributed by atoms with Crippen LogP contribution in [0.1, 0.15) is 40.0 Å². The molecule has 0 aliphatic carbocycles. The topological polar surface area (TPSA) is 204 Å². The first kappa shape index (κ1) is 41.6. The van der Waals surface area contributed by atoms with Gasteiger partial charge in [-0.2, -0.15) is 0 Å². The van der Waals surface area contributed by atoms with E-state index in [9.17, 15) is 19.2 Å². The second kappa shape index (κ2) is 31.2. The molecule has 0 radical (unpaired) electrons. The molecule has 0 saturated carbocycles. The second-order valence-corrected chi connectivity index (χ2v) is 10.1. The van der Waals surface area contributed by atoms with Crippen molar-refractivity contribution in [3.05, 3.63) is 0 Å². The third-order valence-electron chi connectivity index (χ3n) is 6.02. The normalized spacial score (nSPS) is 11.6. The zero-order valence-corrected chi connectivity index (χ0v) is 28.0. The van der Waals surface area contributed by atoms with Gasteiger partial charge in [0.05, 0.1) is 105 Å². The Hall–Kier alpha value is -2.44. The standard InChI is InChI=1S/C30H58N4O12/c1-4-27(36)32-7-10-39-13-17-43-22-30(25-46-20-16-42-21-26(31)35,23-44-18-14-40-11-8-33-28(37)5-2)24-45-19-15-41-12-9-34-29(38)6-3/h4-25H2,1-3H3,(H2,31,35)(H,32,36)(H,33,37)(H,34,38)/i/hT. The van der Waals surface area contributed by atoms with Crippen molar-refractivity contribution in [1.29, 1.82) is 0 Å². The lowest BCUT2D eigenvalue weighted by Crippen LogP contribution is -2.43. The number of nitrogens with two attached hydrogens (primary N) is 1. The molecule has 46 heavy (non-hydrogen) atoms. The van der Waals surface area contributed by atoms with Crippen molar-refractivity contribution >= 4 is 23.6 Å². The highest BCUT2D eigenvalue weighted by molar-refractivity contribution is 5.76. The van der Waals surface area contributed by atoms with E-state index in [1.54, 1.807) is 26.5 Å². The lowest BCUT2D eigenvalue weighted by Gasteiger charge is -2.33. The van der Waals surface area contributed by atoms with Crippen LogP contribution in [0.25, 0.3) is 0 Å². The van der Waals surface area contributed by atoms with Gasteiger partial charge in [-0.3, -0.25) is 19.2 Å². The molecule has 0 aliphatic rings. The van der Waals surface area contributed by atoms with Crippen LogP contribution in [0.3, 0.4) is 0 Å². The van der Waals surface area contributed by atoms with E-state index in [-0.39, 0.29) is 83.8 Å². The highest BCUT2D eigenvalue weighted by Crippen LogP contribution is 2.21. The van der Waals surface area contributed by atoms with Crippen molar-refractivity contribution in [3.8, 4) is 0 Å². The van der Waals surface area contributed by atoms with E-state index in [0.29, 0.717) is 78.5 Å². The maximum atomic E-state index is 11.4. The molecule has 16 heteroatoms. The van der Waals surface area contributed by atoms with E-state index in [1.165, 1.54) is 0 Å². The number of amides is 4. The lowest BCUT2D eigenvalue weighted by atomic mass is 9.92. The van der Waals surface area contributed by atoms with E-state index in [4.69, 9.17) is 39.3 Å². The minimum Gasteiger partial charge on any atom is -0.378 e. The van der Waals surface area contributed by atoms with Crippen molar-refractivity contribution < 1.29 is 58.5 Å². The number of rotatable bonds is 34. The van der Waals surface area contributed by atoms with Crippen LogP contribution in [0.15, 0.2) is 0 Å². The summed E-state index contributed by atoms with van der Waals surface area (Å²) in [6.45, 7) is 10.3. The molecule has 270 valence electrons. The number of hydrogen-bond donors (Lipinski definition) is 4. The van der Waals surface area contributed by atoms with E-state index in [2.05, 4.69) is 16.0 Å². The molecular formula is C30H58N4O12. The summed E-state index contributed by atoms with van der Waals surface area (Å²) in [6.07, 6.45) is 1.24.